The molecule has 2 aromatic carbocycles. The molecule has 0 unspecified atom stereocenters. The summed E-state index contributed by atoms with van der Waals surface area (Å²) in [6.45, 7) is 2.48. The van der Waals surface area contributed by atoms with E-state index in [1.54, 1.807) is 12.1 Å². The minimum Gasteiger partial charge on any atom is -0.360 e. The second-order valence-electron chi connectivity index (χ2n) is 6.11. The van der Waals surface area contributed by atoms with Gasteiger partial charge in [0, 0.05) is 24.2 Å². The van der Waals surface area contributed by atoms with E-state index in [-0.39, 0.29) is 40.6 Å². The Balaban J connectivity index is 2.07. The first kappa shape index (κ1) is 19.2. The topological polar surface area (TPSA) is 63.4 Å². The van der Waals surface area contributed by atoms with Crippen molar-refractivity contribution < 1.29 is 21.7 Å². The highest BCUT2D eigenvalue weighted by Gasteiger charge is 2.32. The van der Waals surface area contributed by atoms with E-state index in [9.17, 15) is 17.2 Å². The quantitative estimate of drug-likeness (QED) is 0.637. The lowest BCUT2D eigenvalue weighted by Crippen LogP contribution is -2.31. The SMILES string of the molecule is Cc1noc(C)c1S(=O)(=O)N(Cc1ccccc1F)Cc1ccccc1F. The van der Waals surface area contributed by atoms with E-state index < -0.39 is 21.7 Å². The van der Waals surface area contributed by atoms with Gasteiger partial charge in [-0.05, 0) is 26.0 Å². The minimum atomic E-state index is -4.11. The summed E-state index contributed by atoms with van der Waals surface area (Å²) in [4.78, 5) is -0.0878. The largest absolute Gasteiger partial charge is 0.360 e. The third-order valence-corrected chi connectivity index (χ3v) is 6.21. The summed E-state index contributed by atoms with van der Waals surface area (Å²) < 4.78 is 60.8. The molecule has 0 fully saturated rings. The Morgan fingerprint density at radius 3 is 1.81 bits per heavy atom. The van der Waals surface area contributed by atoms with Crippen molar-refractivity contribution in [3.05, 3.63) is 82.7 Å². The third kappa shape index (κ3) is 3.91. The molecule has 0 saturated carbocycles. The van der Waals surface area contributed by atoms with Crippen LogP contribution in [0.1, 0.15) is 22.6 Å². The van der Waals surface area contributed by atoms with Gasteiger partial charge in [-0.3, -0.25) is 0 Å². The predicted octanol–water partition coefficient (Wildman–Crippen LogP) is 3.96. The fourth-order valence-electron chi connectivity index (χ4n) is 2.83. The van der Waals surface area contributed by atoms with Crippen LogP contribution in [0.15, 0.2) is 57.9 Å². The first-order valence-corrected chi connectivity index (χ1v) is 9.64. The molecule has 142 valence electrons. The fraction of sp³-hybridized carbons (Fsp3) is 0.211. The van der Waals surface area contributed by atoms with E-state index in [2.05, 4.69) is 5.16 Å². The van der Waals surface area contributed by atoms with E-state index >= 15 is 0 Å². The molecule has 27 heavy (non-hydrogen) atoms. The fourth-order valence-corrected chi connectivity index (χ4v) is 4.52. The molecule has 5 nitrogen and oxygen atoms in total. The van der Waals surface area contributed by atoms with E-state index in [1.807, 2.05) is 0 Å². The number of hydrogen-bond acceptors (Lipinski definition) is 4. The van der Waals surface area contributed by atoms with Crippen LogP contribution < -0.4 is 0 Å². The zero-order valence-electron chi connectivity index (χ0n) is 14.8. The molecular weight excluding hydrogens is 374 g/mol. The second-order valence-corrected chi connectivity index (χ2v) is 7.98. The molecule has 1 aromatic heterocycles. The van der Waals surface area contributed by atoms with Crippen LogP contribution >= 0.6 is 0 Å². The first-order valence-electron chi connectivity index (χ1n) is 8.20. The van der Waals surface area contributed by atoms with Gasteiger partial charge in [-0.2, -0.15) is 4.31 Å². The molecule has 0 N–H and O–H groups in total. The minimum absolute atomic E-state index is 0.0878. The Morgan fingerprint density at radius 2 is 1.41 bits per heavy atom. The number of halogens is 2. The molecule has 0 atom stereocenters. The van der Waals surface area contributed by atoms with Crippen molar-refractivity contribution in [2.24, 2.45) is 0 Å². The van der Waals surface area contributed by atoms with Gasteiger partial charge >= 0.3 is 0 Å². The Morgan fingerprint density at radius 1 is 0.926 bits per heavy atom. The van der Waals surface area contributed by atoms with Gasteiger partial charge in [-0.1, -0.05) is 41.6 Å². The number of sulfonamides is 1. The van der Waals surface area contributed by atoms with Crippen LogP contribution in [0.4, 0.5) is 8.78 Å². The Hall–Kier alpha value is -2.58. The van der Waals surface area contributed by atoms with E-state index in [0.717, 1.165) is 4.31 Å². The van der Waals surface area contributed by atoms with Crippen LogP contribution in [0.3, 0.4) is 0 Å². The highest BCUT2D eigenvalue weighted by molar-refractivity contribution is 7.89. The van der Waals surface area contributed by atoms with Crippen molar-refractivity contribution in [2.75, 3.05) is 0 Å². The molecule has 0 amide bonds. The van der Waals surface area contributed by atoms with Crippen LogP contribution in [-0.4, -0.2) is 17.9 Å². The average Bonchev–Trinajstić information content (AvgIpc) is 2.97. The number of hydrogen-bond donors (Lipinski definition) is 0. The smallest absolute Gasteiger partial charge is 0.249 e. The molecule has 8 heteroatoms. The van der Waals surface area contributed by atoms with Crippen LogP contribution in [0.5, 0.6) is 0 Å². The lowest BCUT2D eigenvalue weighted by atomic mass is 10.2. The van der Waals surface area contributed by atoms with E-state index in [4.69, 9.17) is 4.52 Å². The van der Waals surface area contributed by atoms with Crippen molar-refractivity contribution >= 4 is 10.0 Å². The summed E-state index contributed by atoms with van der Waals surface area (Å²) >= 11 is 0. The van der Waals surface area contributed by atoms with Crippen molar-refractivity contribution in [1.82, 2.24) is 9.46 Å². The molecule has 0 radical (unpaired) electrons. The van der Waals surface area contributed by atoms with Crippen LogP contribution in [0.25, 0.3) is 0 Å². The summed E-state index contributed by atoms with van der Waals surface area (Å²) in [5, 5.41) is 3.69. The lowest BCUT2D eigenvalue weighted by molar-refractivity contribution is 0.379. The van der Waals surface area contributed by atoms with Crippen molar-refractivity contribution in [3.63, 3.8) is 0 Å². The maximum atomic E-state index is 14.1. The first-order chi connectivity index (χ1) is 12.8. The molecule has 0 bridgehead atoms. The van der Waals surface area contributed by atoms with Crippen molar-refractivity contribution in [3.8, 4) is 0 Å². The Bertz CT molecular complexity index is 997. The number of rotatable bonds is 6. The molecule has 3 rings (SSSR count). The average molecular weight is 392 g/mol. The summed E-state index contributed by atoms with van der Waals surface area (Å²) in [6.07, 6.45) is 0. The second kappa shape index (κ2) is 7.58. The van der Waals surface area contributed by atoms with E-state index in [0.29, 0.717) is 0 Å². The monoisotopic (exact) mass is 392 g/mol. The Kier molecular flexibility index (Phi) is 5.38. The van der Waals surface area contributed by atoms with Crippen LogP contribution in [0.2, 0.25) is 0 Å². The summed E-state index contributed by atoms with van der Waals surface area (Å²) in [6, 6.07) is 11.7. The van der Waals surface area contributed by atoms with Crippen molar-refractivity contribution in [2.45, 2.75) is 31.8 Å². The zero-order valence-corrected chi connectivity index (χ0v) is 15.6. The maximum Gasteiger partial charge on any atom is 0.249 e. The normalized spacial score (nSPS) is 11.9. The molecule has 3 aromatic rings. The van der Waals surface area contributed by atoms with Crippen LogP contribution in [-0.2, 0) is 23.1 Å². The lowest BCUT2D eigenvalue weighted by Gasteiger charge is -2.23. The molecule has 0 aliphatic rings. The number of nitrogens with zero attached hydrogens (tertiary/aromatic N) is 2. The number of aromatic nitrogens is 1. The van der Waals surface area contributed by atoms with Gasteiger partial charge in [-0.25, -0.2) is 17.2 Å². The van der Waals surface area contributed by atoms with Gasteiger partial charge in [0.15, 0.2) is 5.76 Å². The summed E-state index contributed by atoms with van der Waals surface area (Å²) in [5.41, 5.74) is 0.563. The van der Waals surface area contributed by atoms with Gasteiger partial charge in [0.05, 0.1) is 0 Å². The summed E-state index contributed by atoms with van der Waals surface area (Å²) in [7, 11) is -4.11. The number of benzene rings is 2. The maximum absolute atomic E-state index is 14.1. The molecule has 0 spiro atoms. The Labute approximate surface area is 156 Å². The van der Waals surface area contributed by atoms with Gasteiger partial charge in [0.25, 0.3) is 0 Å². The highest BCUT2D eigenvalue weighted by Crippen LogP contribution is 2.27. The van der Waals surface area contributed by atoms with E-state index in [1.165, 1.54) is 50.2 Å². The van der Waals surface area contributed by atoms with Gasteiger partial charge in [-0.15, -0.1) is 0 Å². The highest BCUT2D eigenvalue weighted by atomic mass is 32.2. The van der Waals surface area contributed by atoms with Crippen molar-refractivity contribution in [1.29, 1.82) is 0 Å². The molecular formula is C19H18F2N2O3S. The standard InChI is InChI=1S/C19H18F2N2O3S/c1-13-19(14(2)26-22-13)27(24,25)23(11-15-7-3-5-9-17(15)20)12-16-8-4-6-10-18(16)21/h3-10H,11-12H2,1-2H3. The van der Waals surface area contributed by atoms with Gasteiger partial charge < -0.3 is 4.52 Å². The molecule has 0 aliphatic carbocycles. The molecule has 1 heterocycles. The van der Waals surface area contributed by atoms with Gasteiger partial charge in [0.2, 0.25) is 10.0 Å². The van der Waals surface area contributed by atoms with Gasteiger partial charge in [0.1, 0.15) is 22.2 Å². The summed E-state index contributed by atoms with van der Waals surface area (Å²) in [5.74, 6) is -0.949. The number of aryl methyl sites for hydroxylation is 2. The zero-order chi connectivity index (χ0) is 19.6. The van der Waals surface area contributed by atoms with Crippen LogP contribution in [0, 0.1) is 25.5 Å². The predicted molar refractivity (Wildman–Crippen MR) is 95.2 cm³/mol. The third-order valence-electron chi connectivity index (χ3n) is 4.17. The molecule has 0 saturated heterocycles. The molecule has 0 aliphatic heterocycles.